The summed E-state index contributed by atoms with van der Waals surface area (Å²) in [6.45, 7) is 6.34. The third-order valence-electron chi connectivity index (χ3n) is 3.69. The molecule has 1 aliphatic heterocycles. The second-order valence-corrected chi connectivity index (χ2v) is 5.97. The lowest BCUT2D eigenvalue weighted by Gasteiger charge is -2.28. The first kappa shape index (κ1) is 12.9. The Morgan fingerprint density at radius 3 is 2.65 bits per heavy atom. The zero-order valence-corrected chi connectivity index (χ0v) is 11.2. The van der Waals surface area contributed by atoms with Gasteiger partial charge in [-0.1, -0.05) is 26.7 Å². The molecule has 17 heavy (non-hydrogen) atoms. The van der Waals surface area contributed by atoms with Gasteiger partial charge in [0.1, 0.15) is 0 Å². The molecule has 1 atom stereocenters. The molecule has 1 aliphatic carbocycles. The molecule has 1 saturated carbocycles. The van der Waals surface area contributed by atoms with Crippen LogP contribution in [0.3, 0.4) is 0 Å². The summed E-state index contributed by atoms with van der Waals surface area (Å²) in [4.78, 5) is 14.7. The average molecular weight is 238 g/mol. The van der Waals surface area contributed by atoms with Crippen molar-refractivity contribution in [1.82, 2.24) is 10.2 Å². The monoisotopic (exact) mass is 238 g/mol. The highest BCUT2D eigenvalue weighted by Crippen LogP contribution is 2.28. The third-order valence-corrected chi connectivity index (χ3v) is 3.69. The summed E-state index contributed by atoms with van der Waals surface area (Å²) in [5.41, 5.74) is 0. The minimum absolute atomic E-state index is 0.0943. The summed E-state index contributed by atoms with van der Waals surface area (Å²) in [5.74, 6) is 0.938. The maximum absolute atomic E-state index is 12.5. The standard InChI is InChI=1S/C14H26N2O/c1-11(2)10-16(12-7-8-12)14(17)13-6-4-3-5-9-15-13/h11-13,15H,3-10H2,1-2H3. The highest BCUT2D eigenvalue weighted by atomic mass is 16.2. The van der Waals surface area contributed by atoms with Gasteiger partial charge >= 0.3 is 0 Å². The Bertz CT molecular complexity index is 253. The highest BCUT2D eigenvalue weighted by Gasteiger charge is 2.35. The molecule has 0 radical (unpaired) electrons. The molecule has 2 fully saturated rings. The van der Waals surface area contributed by atoms with Crippen LogP contribution in [0.2, 0.25) is 0 Å². The smallest absolute Gasteiger partial charge is 0.239 e. The minimum Gasteiger partial charge on any atom is -0.338 e. The van der Waals surface area contributed by atoms with Crippen molar-refractivity contribution in [1.29, 1.82) is 0 Å². The van der Waals surface area contributed by atoms with Crippen LogP contribution in [0.1, 0.15) is 52.4 Å². The van der Waals surface area contributed by atoms with Crippen LogP contribution in [-0.4, -0.2) is 36.0 Å². The van der Waals surface area contributed by atoms with Gasteiger partial charge in [0.15, 0.2) is 0 Å². The Morgan fingerprint density at radius 1 is 1.24 bits per heavy atom. The lowest BCUT2D eigenvalue weighted by molar-refractivity contribution is -0.134. The summed E-state index contributed by atoms with van der Waals surface area (Å²) in [7, 11) is 0. The fraction of sp³-hybridized carbons (Fsp3) is 0.929. The normalized spacial score (nSPS) is 25.7. The summed E-state index contributed by atoms with van der Waals surface area (Å²) < 4.78 is 0. The predicted molar refractivity (Wildman–Crippen MR) is 69.8 cm³/mol. The fourth-order valence-electron chi connectivity index (χ4n) is 2.64. The van der Waals surface area contributed by atoms with Gasteiger partial charge in [-0.15, -0.1) is 0 Å². The number of rotatable bonds is 4. The van der Waals surface area contributed by atoms with Crippen molar-refractivity contribution in [3.63, 3.8) is 0 Å². The van der Waals surface area contributed by atoms with Crippen molar-refractivity contribution < 1.29 is 4.79 Å². The van der Waals surface area contributed by atoms with E-state index in [0.29, 0.717) is 17.9 Å². The lowest BCUT2D eigenvalue weighted by Crippen LogP contribution is -2.48. The number of hydrogen-bond donors (Lipinski definition) is 1. The highest BCUT2D eigenvalue weighted by molar-refractivity contribution is 5.82. The number of carbonyl (C=O) groups is 1. The molecule has 1 heterocycles. The Morgan fingerprint density at radius 2 is 2.00 bits per heavy atom. The van der Waals surface area contributed by atoms with E-state index in [1.54, 1.807) is 0 Å². The van der Waals surface area contributed by atoms with E-state index in [4.69, 9.17) is 0 Å². The molecule has 1 amide bonds. The van der Waals surface area contributed by atoms with Gasteiger partial charge in [0.05, 0.1) is 6.04 Å². The molecule has 3 heteroatoms. The van der Waals surface area contributed by atoms with E-state index in [2.05, 4.69) is 24.1 Å². The van der Waals surface area contributed by atoms with Crippen LogP contribution < -0.4 is 5.32 Å². The molecule has 98 valence electrons. The lowest BCUT2D eigenvalue weighted by atomic mass is 10.1. The topological polar surface area (TPSA) is 32.3 Å². The summed E-state index contributed by atoms with van der Waals surface area (Å²) in [5, 5.41) is 3.43. The molecular weight excluding hydrogens is 212 g/mol. The Labute approximate surface area is 105 Å². The van der Waals surface area contributed by atoms with Crippen LogP contribution in [0.25, 0.3) is 0 Å². The van der Waals surface area contributed by atoms with Gasteiger partial charge in [-0.3, -0.25) is 4.79 Å². The molecule has 1 N–H and O–H groups in total. The van der Waals surface area contributed by atoms with E-state index in [1.807, 2.05) is 0 Å². The maximum atomic E-state index is 12.5. The molecule has 2 rings (SSSR count). The van der Waals surface area contributed by atoms with E-state index in [-0.39, 0.29) is 6.04 Å². The summed E-state index contributed by atoms with van der Waals surface area (Å²) in [6.07, 6.45) is 7.14. The molecule has 1 saturated heterocycles. The van der Waals surface area contributed by atoms with Gasteiger partial charge in [0.2, 0.25) is 5.91 Å². The Kier molecular flexibility index (Phi) is 4.43. The van der Waals surface area contributed by atoms with Crippen molar-refractivity contribution in [2.45, 2.75) is 64.5 Å². The summed E-state index contributed by atoms with van der Waals surface area (Å²) >= 11 is 0. The van der Waals surface area contributed by atoms with Gasteiger partial charge in [-0.25, -0.2) is 0 Å². The SMILES string of the molecule is CC(C)CN(C(=O)C1CCCCCN1)C1CC1. The number of nitrogens with zero attached hydrogens (tertiary/aromatic N) is 1. The zero-order chi connectivity index (χ0) is 12.3. The van der Waals surface area contributed by atoms with E-state index in [1.165, 1.54) is 32.1 Å². The first-order valence-corrected chi connectivity index (χ1v) is 7.22. The largest absolute Gasteiger partial charge is 0.338 e. The molecule has 0 spiro atoms. The second kappa shape index (κ2) is 5.85. The molecule has 0 aromatic rings. The van der Waals surface area contributed by atoms with Crippen LogP contribution >= 0.6 is 0 Å². The van der Waals surface area contributed by atoms with Gasteiger partial charge in [0.25, 0.3) is 0 Å². The van der Waals surface area contributed by atoms with Gasteiger partial charge in [0, 0.05) is 12.6 Å². The molecule has 3 nitrogen and oxygen atoms in total. The molecule has 0 aromatic carbocycles. The fourth-order valence-corrected chi connectivity index (χ4v) is 2.64. The zero-order valence-electron chi connectivity index (χ0n) is 11.2. The summed E-state index contributed by atoms with van der Waals surface area (Å²) in [6, 6.07) is 0.645. The van der Waals surface area contributed by atoms with E-state index < -0.39 is 0 Å². The molecule has 0 bridgehead atoms. The van der Waals surface area contributed by atoms with Crippen molar-refractivity contribution in [2.24, 2.45) is 5.92 Å². The van der Waals surface area contributed by atoms with Crippen LogP contribution in [0.15, 0.2) is 0 Å². The van der Waals surface area contributed by atoms with Gasteiger partial charge in [-0.2, -0.15) is 0 Å². The number of amides is 1. The number of carbonyl (C=O) groups excluding carboxylic acids is 1. The van der Waals surface area contributed by atoms with Crippen molar-refractivity contribution in [2.75, 3.05) is 13.1 Å². The Balaban J connectivity index is 1.94. The third kappa shape index (κ3) is 3.70. The van der Waals surface area contributed by atoms with E-state index >= 15 is 0 Å². The first-order valence-electron chi connectivity index (χ1n) is 7.22. The quantitative estimate of drug-likeness (QED) is 0.814. The van der Waals surface area contributed by atoms with Crippen molar-refractivity contribution in [3.8, 4) is 0 Å². The molecular formula is C14H26N2O. The van der Waals surface area contributed by atoms with Crippen molar-refractivity contribution in [3.05, 3.63) is 0 Å². The average Bonchev–Trinajstić information content (AvgIpc) is 3.10. The Hall–Kier alpha value is -0.570. The van der Waals surface area contributed by atoms with Gasteiger partial charge in [-0.05, 0) is 38.1 Å². The number of nitrogens with one attached hydrogen (secondary N) is 1. The van der Waals surface area contributed by atoms with E-state index in [9.17, 15) is 4.79 Å². The van der Waals surface area contributed by atoms with E-state index in [0.717, 1.165) is 19.5 Å². The first-order chi connectivity index (χ1) is 8.18. The minimum atomic E-state index is 0.0943. The van der Waals surface area contributed by atoms with Gasteiger partial charge < -0.3 is 10.2 Å². The van der Waals surface area contributed by atoms with Crippen LogP contribution in [0.4, 0.5) is 0 Å². The second-order valence-electron chi connectivity index (χ2n) is 5.97. The number of hydrogen-bond acceptors (Lipinski definition) is 2. The molecule has 0 aromatic heterocycles. The molecule has 1 unspecified atom stereocenters. The van der Waals surface area contributed by atoms with Crippen LogP contribution in [0.5, 0.6) is 0 Å². The molecule has 2 aliphatic rings. The van der Waals surface area contributed by atoms with Crippen molar-refractivity contribution >= 4 is 5.91 Å². The van der Waals surface area contributed by atoms with Crippen LogP contribution in [0, 0.1) is 5.92 Å². The maximum Gasteiger partial charge on any atom is 0.239 e. The predicted octanol–water partition coefficient (Wildman–Crippen LogP) is 2.17. The van der Waals surface area contributed by atoms with Crippen LogP contribution in [-0.2, 0) is 4.79 Å².